The molecule has 0 aromatic heterocycles. The van der Waals surface area contributed by atoms with Crippen LogP contribution < -0.4 is 5.32 Å². The maximum absolute atomic E-state index is 3.56. The summed E-state index contributed by atoms with van der Waals surface area (Å²) in [6, 6.07) is 1.48. The molecule has 1 fully saturated rings. The van der Waals surface area contributed by atoms with Crippen LogP contribution in [0.3, 0.4) is 0 Å². The van der Waals surface area contributed by atoms with Gasteiger partial charge in [-0.3, -0.25) is 4.90 Å². The molecule has 1 heterocycles. The molecule has 1 aliphatic heterocycles. The SMILES string of the molecule is CCCCNCC(C)N1CC(C)CC1C. The van der Waals surface area contributed by atoms with Crippen LogP contribution in [0.1, 0.15) is 47.0 Å². The zero-order valence-electron chi connectivity index (χ0n) is 10.9. The van der Waals surface area contributed by atoms with E-state index in [1.54, 1.807) is 0 Å². The van der Waals surface area contributed by atoms with Gasteiger partial charge in [0.25, 0.3) is 0 Å². The first-order chi connectivity index (χ1) is 7.15. The second-order valence-electron chi connectivity index (χ2n) is 5.29. The summed E-state index contributed by atoms with van der Waals surface area (Å²) < 4.78 is 0. The second-order valence-corrected chi connectivity index (χ2v) is 5.29. The Morgan fingerprint density at radius 2 is 2.13 bits per heavy atom. The molecule has 0 radical (unpaired) electrons. The smallest absolute Gasteiger partial charge is 0.0195 e. The van der Waals surface area contributed by atoms with E-state index < -0.39 is 0 Å². The monoisotopic (exact) mass is 212 g/mol. The predicted molar refractivity (Wildman–Crippen MR) is 67.2 cm³/mol. The summed E-state index contributed by atoms with van der Waals surface area (Å²) in [5, 5.41) is 3.56. The van der Waals surface area contributed by atoms with Crippen LogP contribution in [0.5, 0.6) is 0 Å². The topological polar surface area (TPSA) is 15.3 Å². The fourth-order valence-electron chi connectivity index (χ4n) is 2.68. The number of hydrogen-bond donors (Lipinski definition) is 1. The third-order valence-electron chi connectivity index (χ3n) is 3.55. The fourth-order valence-corrected chi connectivity index (χ4v) is 2.68. The summed E-state index contributed by atoms with van der Waals surface area (Å²) in [5.74, 6) is 0.887. The molecule has 0 bridgehead atoms. The molecule has 0 aromatic carbocycles. The first-order valence-electron chi connectivity index (χ1n) is 6.61. The van der Waals surface area contributed by atoms with Crippen LogP contribution in [0.25, 0.3) is 0 Å². The van der Waals surface area contributed by atoms with Gasteiger partial charge in [-0.15, -0.1) is 0 Å². The highest BCUT2D eigenvalue weighted by molar-refractivity contribution is 4.84. The summed E-state index contributed by atoms with van der Waals surface area (Å²) in [5.41, 5.74) is 0. The van der Waals surface area contributed by atoms with Gasteiger partial charge in [0.05, 0.1) is 0 Å². The van der Waals surface area contributed by atoms with Crippen LogP contribution in [0.2, 0.25) is 0 Å². The minimum Gasteiger partial charge on any atom is -0.315 e. The number of hydrogen-bond acceptors (Lipinski definition) is 2. The Hall–Kier alpha value is -0.0800. The van der Waals surface area contributed by atoms with Crippen molar-refractivity contribution in [3.05, 3.63) is 0 Å². The Bertz CT molecular complexity index is 170. The molecular weight excluding hydrogens is 184 g/mol. The molecule has 0 aliphatic carbocycles. The summed E-state index contributed by atoms with van der Waals surface area (Å²) >= 11 is 0. The predicted octanol–water partition coefficient (Wildman–Crippen LogP) is 2.49. The van der Waals surface area contributed by atoms with Crippen molar-refractivity contribution in [1.29, 1.82) is 0 Å². The minimum atomic E-state index is 0.696. The lowest BCUT2D eigenvalue weighted by molar-refractivity contribution is 0.195. The van der Waals surface area contributed by atoms with Crippen molar-refractivity contribution in [2.45, 2.75) is 59.0 Å². The van der Waals surface area contributed by atoms with Crippen LogP contribution in [0, 0.1) is 5.92 Å². The van der Waals surface area contributed by atoms with E-state index in [2.05, 4.69) is 37.9 Å². The van der Waals surface area contributed by atoms with Crippen LogP contribution in [-0.4, -0.2) is 36.6 Å². The van der Waals surface area contributed by atoms with Crippen molar-refractivity contribution in [1.82, 2.24) is 10.2 Å². The van der Waals surface area contributed by atoms with Crippen molar-refractivity contribution in [2.75, 3.05) is 19.6 Å². The molecule has 90 valence electrons. The van der Waals surface area contributed by atoms with Gasteiger partial charge in [-0.05, 0) is 39.2 Å². The summed E-state index contributed by atoms with van der Waals surface area (Å²) in [7, 11) is 0. The highest BCUT2D eigenvalue weighted by Gasteiger charge is 2.29. The fraction of sp³-hybridized carbons (Fsp3) is 1.00. The van der Waals surface area contributed by atoms with Crippen LogP contribution in [0.15, 0.2) is 0 Å². The Balaban J connectivity index is 2.18. The number of unbranched alkanes of at least 4 members (excludes halogenated alkanes) is 1. The third kappa shape index (κ3) is 4.12. The van der Waals surface area contributed by atoms with Crippen molar-refractivity contribution in [3.63, 3.8) is 0 Å². The van der Waals surface area contributed by atoms with Crippen LogP contribution >= 0.6 is 0 Å². The molecule has 0 aromatic rings. The van der Waals surface area contributed by atoms with Crippen LogP contribution in [-0.2, 0) is 0 Å². The molecule has 0 amide bonds. The molecule has 2 nitrogen and oxygen atoms in total. The van der Waals surface area contributed by atoms with E-state index in [-0.39, 0.29) is 0 Å². The molecule has 2 heteroatoms. The third-order valence-corrected chi connectivity index (χ3v) is 3.55. The maximum Gasteiger partial charge on any atom is 0.0195 e. The summed E-state index contributed by atoms with van der Waals surface area (Å²) in [6.07, 6.45) is 3.97. The Labute approximate surface area is 95.4 Å². The highest BCUT2D eigenvalue weighted by atomic mass is 15.2. The van der Waals surface area contributed by atoms with Gasteiger partial charge in [0, 0.05) is 25.2 Å². The number of rotatable bonds is 6. The van der Waals surface area contributed by atoms with Gasteiger partial charge in [0.2, 0.25) is 0 Å². The zero-order chi connectivity index (χ0) is 11.3. The first kappa shape index (κ1) is 13.0. The number of nitrogens with zero attached hydrogens (tertiary/aromatic N) is 1. The van der Waals surface area contributed by atoms with E-state index in [0.29, 0.717) is 6.04 Å². The van der Waals surface area contributed by atoms with Crippen LogP contribution in [0.4, 0.5) is 0 Å². The minimum absolute atomic E-state index is 0.696. The normalized spacial score (nSPS) is 29.6. The number of likely N-dealkylation sites (tertiary alicyclic amines) is 1. The van der Waals surface area contributed by atoms with Crippen molar-refractivity contribution in [2.24, 2.45) is 5.92 Å². The van der Waals surface area contributed by atoms with E-state index in [1.165, 1.54) is 32.4 Å². The van der Waals surface area contributed by atoms with E-state index in [4.69, 9.17) is 0 Å². The Morgan fingerprint density at radius 1 is 1.40 bits per heavy atom. The second kappa shape index (κ2) is 6.49. The van der Waals surface area contributed by atoms with Gasteiger partial charge >= 0.3 is 0 Å². The van der Waals surface area contributed by atoms with Gasteiger partial charge in [-0.25, -0.2) is 0 Å². The molecule has 3 atom stereocenters. The first-order valence-corrected chi connectivity index (χ1v) is 6.61. The van der Waals surface area contributed by atoms with Crippen molar-refractivity contribution in [3.8, 4) is 0 Å². The molecule has 15 heavy (non-hydrogen) atoms. The Kier molecular flexibility index (Phi) is 5.62. The van der Waals surface area contributed by atoms with E-state index in [9.17, 15) is 0 Å². The molecule has 0 saturated carbocycles. The lowest BCUT2D eigenvalue weighted by Gasteiger charge is -2.28. The van der Waals surface area contributed by atoms with Gasteiger partial charge in [-0.1, -0.05) is 20.3 Å². The zero-order valence-corrected chi connectivity index (χ0v) is 10.9. The molecule has 1 N–H and O–H groups in total. The summed E-state index contributed by atoms with van der Waals surface area (Å²) in [4.78, 5) is 2.66. The van der Waals surface area contributed by atoms with Gasteiger partial charge in [0.1, 0.15) is 0 Å². The average molecular weight is 212 g/mol. The average Bonchev–Trinajstić information content (AvgIpc) is 2.52. The van der Waals surface area contributed by atoms with Crippen molar-refractivity contribution < 1.29 is 0 Å². The van der Waals surface area contributed by atoms with E-state index >= 15 is 0 Å². The lowest BCUT2D eigenvalue weighted by Crippen LogP contribution is -2.42. The quantitative estimate of drug-likeness (QED) is 0.681. The van der Waals surface area contributed by atoms with E-state index in [1.807, 2.05) is 0 Å². The standard InChI is InChI=1S/C13H28N2/c1-5-6-7-14-9-13(4)15-10-11(2)8-12(15)3/h11-14H,5-10H2,1-4H3. The molecular formula is C13H28N2. The largest absolute Gasteiger partial charge is 0.315 e. The van der Waals surface area contributed by atoms with Gasteiger partial charge < -0.3 is 5.32 Å². The molecule has 1 rings (SSSR count). The van der Waals surface area contributed by atoms with Crippen molar-refractivity contribution >= 4 is 0 Å². The molecule has 0 spiro atoms. The lowest BCUT2D eigenvalue weighted by atomic mass is 10.1. The van der Waals surface area contributed by atoms with Gasteiger partial charge in [-0.2, -0.15) is 0 Å². The summed E-state index contributed by atoms with van der Waals surface area (Å²) in [6.45, 7) is 13.0. The Morgan fingerprint density at radius 3 is 2.67 bits per heavy atom. The molecule has 3 unspecified atom stereocenters. The van der Waals surface area contributed by atoms with Gasteiger partial charge in [0.15, 0.2) is 0 Å². The highest BCUT2D eigenvalue weighted by Crippen LogP contribution is 2.24. The maximum atomic E-state index is 3.56. The number of nitrogens with one attached hydrogen (secondary N) is 1. The van der Waals surface area contributed by atoms with E-state index in [0.717, 1.165) is 18.5 Å². The molecule has 1 saturated heterocycles. The molecule has 1 aliphatic rings.